The molecular formula is C18H26ClNO3. The van der Waals surface area contributed by atoms with Gasteiger partial charge in [-0.05, 0) is 70.0 Å². The van der Waals surface area contributed by atoms with Gasteiger partial charge in [0.05, 0.1) is 12.5 Å². The number of likely N-dealkylation sites (tertiary alicyclic amines) is 1. The lowest BCUT2D eigenvalue weighted by Crippen LogP contribution is -2.39. The van der Waals surface area contributed by atoms with E-state index < -0.39 is 0 Å². The first-order valence-electron chi connectivity index (χ1n) is 8.29. The number of ether oxygens (including phenoxy) is 2. The Kier molecular flexibility index (Phi) is 6.72. The van der Waals surface area contributed by atoms with Crippen molar-refractivity contribution in [1.82, 2.24) is 4.90 Å². The van der Waals surface area contributed by atoms with E-state index in [0.717, 1.165) is 54.4 Å². The summed E-state index contributed by atoms with van der Waals surface area (Å²) < 4.78 is 11.0. The van der Waals surface area contributed by atoms with Gasteiger partial charge in [0.2, 0.25) is 0 Å². The standard InChI is InChI=1S/C18H26ClNO3/c1-4-22-18(21)15-5-7-20(8-6-15)9-10-23-17-13(2)11-16(19)12-14(17)3/h11-12,15H,4-10H2,1-3H3. The van der Waals surface area contributed by atoms with Crippen molar-refractivity contribution < 1.29 is 14.3 Å². The van der Waals surface area contributed by atoms with Gasteiger partial charge in [-0.2, -0.15) is 0 Å². The summed E-state index contributed by atoms with van der Waals surface area (Å²) in [5, 5.41) is 0.744. The molecule has 0 N–H and O–H groups in total. The zero-order chi connectivity index (χ0) is 16.8. The maximum atomic E-state index is 11.7. The van der Waals surface area contributed by atoms with Crippen molar-refractivity contribution in [2.45, 2.75) is 33.6 Å². The lowest BCUT2D eigenvalue weighted by Gasteiger charge is -2.30. The van der Waals surface area contributed by atoms with Crippen LogP contribution in [0.5, 0.6) is 5.75 Å². The topological polar surface area (TPSA) is 38.8 Å². The Hall–Kier alpha value is -1.26. The highest BCUT2D eigenvalue weighted by molar-refractivity contribution is 6.30. The minimum absolute atomic E-state index is 0.0455. The minimum Gasteiger partial charge on any atom is -0.492 e. The van der Waals surface area contributed by atoms with E-state index in [-0.39, 0.29) is 11.9 Å². The molecule has 1 aromatic rings. The first-order chi connectivity index (χ1) is 11.0. The third-order valence-corrected chi connectivity index (χ3v) is 4.50. The summed E-state index contributed by atoms with van der Waals surface area (Å²) in [6.07, 6.45) is 1.75. The maximum Gasteiger partial charge on any atom is 0.309 e. The third-order valence-electron chi connectivity index (χ3n) is 4.29. The number of carbonyl (C=O) groups excluding carboxylic acids is 1. The van der Waals surface area contributed by atoms with Crippen molar-refractivity contribution in [1.29, 1.82) is 0 Å². The van der Waals surface area contributed by atoms with E-state index in [1.165, 1.54) is 0 Å². The zero-order valence-corrected chi connectivity index (χ0v) is 15.0. The van der Waals surface area contributed by atoms with Gasteiger partial charge >= 0.3 is 5.97 Å². The van der Waals surface area contributed by atoms with E-state index in [4.69, 9.17) is 21.1 Å². The minimum atomic E-state index is -0.0455. The Bertz CT molecular complexity index is 516. The number of rotatable bonds is 6. The fourth-order valence-electron chi connectivity index (χ4n) is 3.05. The summed E-state index contributed by atoms with van der Waals surface area (Å²) >= 11 is 6.04. The molecule has 0 aromatic heterocycles. The highest BCUT2D eigenvalue weighted by Gasteiger charge is 2.25. The Morgan fingerprint density at radius 2 is 1.87 bits per heavy atom. The van der Waals surface area contributed by atoms with Crippen LogP contribution in [-0.2, 0) is 9.53 Å². The number of esters is 1. The summed E-state index contributed by atoms with van der Waals surface area (Å²) in [6.45, 7) is 9.71. The van der Waals surface area contributed by atoms with Crippen LogP contribution >= 0.6 is 11.6 Å². The van der Waals surface area contributed by atoms with E-state index in [1.807, 2.05) is 32.9 Å². The highest BCUT2D eigenvalue weighted by atomic mass is 35.5. The van der Waals surface area contributed by atoms with Gasteiger partial charge in [-0.25, -0.2) is 0 Å². The maximum absolute atomic E-state index is 11.7. The van der Waals surface area contributed by atoms with Crippen molar-refractivity contribution in [2.24, 2.45) is 5.92 Å². The van der Waals surface area contributed by atoms with Crippen molar-refractivity contribution in [3.63, 3.8) is 0 Å². The van der Waals surface area contributed by atoms with Crippen LogP contribution in [0.3, 0.4) is 0 Å². The molecule has 1 aromatic carbocycles. The monoisotopic (exact) mass is 339 g/mol. The largest absolute Gasteiger partial charge is 0.492 e. The molecule has 0 unspecified atom stereocenters. The molecule has 23 heavy (non-hydrogen) atoms. The molecule has 1 fully saturated rings. The van der Waals surface area contributed by atoms with Crippen molar-refractivity contribution in [2.75, 3.05) is 32.8 Å². The fourth-order valence-corrected chi connectivity index (χ4v) is 3.38. The van der Waals surface area contributed by atoms with Crippen LogP contribution in [0.2, 0.25) is 5.02 Å². The Labute approximate surface area is 143 Å². The molecule has 1 aliphatic rings. The molecule has 5 heteroatoms. The van der Waals surface area contributed by atoms with E-state index in [0.29, 0.717) is 13.2 Å². The van der Waals surface area contributed by atoms with Gasteiger partial charge in [0.25, 0.3) is 0 Å². The zero-order valence-electron chi connectivity index (χ0n) is 14.2. The Balaban J connectivity index is 1.75. The fraction of sp³-hybridized carbons (Fsp3) is 0.611. The summed E-state index contributed by atoms with van der Waals surface area (Å²) in [6, 6.07) is 3.85. The lowest BCUT2D eigenvalue weighted by molar-refractivity contribution is -0.149. The highest BCUT2D eigenvalue weighted by Crippen LogP contribution is 2.27. The smallest absolute Gasteiger partial charge is 0.309 e. The predicted octanol–water partition coefficient (Wildman–Crippen LogP) is 3.61. The molecule has 1 heterocycles. The molecule has 2 rings (SSSR count). The molecule has 128 valence electrons. The molecule has 0 radical (unpaired) electrons. The summed E-state index contributed by atoms with van der Waals surface area (Å²) in [5.74, 6) is 0.944. The van der Waals surface area contributed by atoms with Gasteiger partial charge in [0, 0.05) is 11.6 Å². The van der Waals surface area contributed by atoms with Gasteiger partial charge in [0.1, 0.15) is 12.4 Å². The second-order valence-electron chi connectivity index (χ2n) is 6.09. The van der Waals surface area contributed by atoms with Gasteiger partial charge in [0.15, 0.2) is 0 Å². The van der Waals surface area contributed by atoms with E-state index in [2.05, 4.69) is 4.90 Å². The second-order valence-corrected chi connectivity index (χ2v) is 6.52. The van der Waals surface area contributed by atoms with E-state index in [9.17, 15) is 4.79 Å². The third kappa shape index (κ3) is 5.11. The molecule has 0 saturated carbocycles. The van der Waals surface area contributed by atoms with Gasteiger partial charge in [-0.1, -0.05) is 11.6 Å². The Morgan fingerprint density at radius 3 is 2.43 bits per heavy atom. The average Bonchev–Trinajstić information content (AvgIpc) is 2.50. The van der Waals surface area contributed by atoms with E-state index >= 15 is 0 Å². The van der Waals surface area contributed by atoms with Crippen molar-refractivity contribution >= 4 is 17.6 Å². The number of aryl methyl sites for hydroxylation is 2. The molecule has 0 spiro atoms. The van der Waals surface area contributed by atoms with Crippen LogP contribution < -0.4 is 4.74 Å². The molecule has 1 saturated heterocycles. The Morgan fingerprint density at radius 1 is 1.26 bits per heavy atom. The number of halogens is 1. The quantitative estimate of drug-likeness (QED) is 0.742. The second kappa shape index (κ2) is 8.55. The average molecular weight is 340 g/mol. The van der Waals surface area contributed by atoms with E-state index in [1.54, 1.807) is 0 Å². The first kappa shape index (κ1) is 18.1. The summed E-state index contributed by atoms with van der Waals surface area (Å²) in [5.41, 5.74) is 2.13. The predicted molar refractivity (Wildman–Crippen MR) is 92.2 cm³/mol. The van der Waals surface area contributed by atoms with Crippen molar-refractivity contribution in [3.05, 3.63) is 28.3 Å². The SMILES string of the molecule is CCOC(=O)C1CCN(CCOc2c(C)cc(Cl)cc2C)CC1. The van der Waals surface area contributed by atoms with Crippen LogP contribution in [0.25, 0.3) is 0 Å². The number of hydrogen-bond acceptors (Lipinski definition) is 4. The summed E-state index contributed by atoms with van der Waals surface area (Å²) in [4.78, 5) is 14.1. The molecule has 0 amide bonds. The van der Waals surface area contributed by atoms with Crippen LogP contribution in [-0.4, -0.2) is 43.7 Å². The van der Waals surface area contributed by atoms with Crippen LogP contribution in [0.1, 0.15) is 30.9 Å². The number of piperidine rings is 1. The van der Waals surface area contributed by atoms with Gasteiger partial charge in [-0.15, -0.1) is 0 Å². The van der Waals surface area contributed by atoms with Crippen molar-refractivity contribution in [3.8, 4) is 5.75 Å². The van der Waals surface area contributed by atoms with Crippen LogP contribution in [0.4, 0.5) is 0 Å². The molecule has 0 atom stereocenters. The molecular weight excluding hydrogens is 314 g/mol. The first-order valence-corrected chi connectivity index (χ1v) is 8.67. The molecule has 4 nitrogen and oxygen atoms in total. The number of carbonyl (C=O) groups is 1. The van der Waals surface area contributed by atoms with Crippen LogP contribution in [0, 0.1) is 19.8 Å². The lowest BCUT2D eigenvalue weighted by atomic mass is 9.97. The number of nitrogens with zero attached hydrogens (tertiary/aromatic N) is 1. The number of benzene rings is 1. The normalized spacial score (nSPS) is 16.3. The van der Waals surface area contributed by atoms with Gasteiger partial charge < -0.3 is 9.47 Å². The summed E-state index contributed by atoms with van der Waals surface area (Å²) in [7, 11) is 0. The molecule has 1 aliphatic heterocycles. The van der Waals surface area contributed by atoms with Gasteiger partial charge in [-0.3, -0.25) is 9.69 Å². The molecule has 0 bridgehead atoms. The number of hydrogen-bond donors (Lipinski definition) is 0. The molecule has 0 aliphatic carbocycles. The van der Waals surface area contributed by atoms with Crippen LogP contribution in [0.15, 0.2) is 12.1 Å².